The van der Waals surface area contributed by atoms with Crippen molar-refractivity contribution in [3.8, 4) is 0 Å². The van der Waals surface area contributed by atoms with Crippen LogP contribution in [0.5, 0.6) is 0 Å². The number of hydrogen-bond acceptors (Lipinski definition) is 4. The predicted octanol–water partition coefficient (Wildman–Crippen LogP) is 2.25. The molecule has 0 amide bonds. The Kier molecular flexibility index (Phi) is 3.87. The SMILES string of the molecule is Cc1cc2c(NCC3CCCCC3CO)nccn2n1. The van der Waals surface area contributed by atoms with Gasteiger partial charge in [0.15, 0.2) is 5.82 Å². The summed E-state index contributed by atoms with van der Waals surface area (Å²) in [6.07, 6.45) is 8.49. The first-order valence-electron chi connectivity index (χ1n) is 7.43. The van der Waals surface area contributed by atoms with Crippen molar-refractivity contribution < 1.29 is 5.11 Å². The van der Waals surface area contributed by atoms with Crippen LogP contribution < -0.4 is 5.32 Å². The highest BCUT2D eigenvalue weighted by Gasteiger charge is 2.24. The standard InChI is InChI=1S/C15H22N4O/c1-11-8-14-15(16-6-7-19(14)18-11)17-9-12-4-2-3-5-13(12)10-20/h6-8,12-13,20H,2-5,9-10H2,1H3,(H,16,17). The molecule has 0 saturated heterocycles. The smallest absolute Gasteiger partial charge is 0.152 e. The Bertz CT molecular complexity index is 580. The van der Waals surface area contributed by atoms with Gasteiger partial charge in [-0.2, -0.15) is 5.10 Å². The van der Waals surface area contributed by atoms with Crippen LogP contribution >= 0.6 is 0 Å². The van der Waals surface area contributed by atoms with Crippen LogP contribution in [0.4, 0.5) is 5.82 Å². The molecule has 2 aromatic rings. The summed E-state index contributed by atoms with van der Waals surface area (Å²) < 4.78 is 1.86. The second-order valence-electron chi connectivity index (χ2n) is 5.76. The van der Waals surface area contributed by atoms with Crippen LogP contribution in [0.3, 0.4) is 0 Å². The van der Waals surface area contributed by atoms with E-state index in [0.717, 1.165) is 30.0 Å². The van der Waals surface area contributed by atoms with Crippen molar-refractivity contribution >= 4 is 11.3 Å². The number of anilines is 1. The predicted molar refractivity (Wildman–Crippen MR) is 78.7 cm³/mol. The molecule has 1 saturated carbocycles. The highest BCUT2D eigenvalue weighted by Crippen LogP contribution is 2.30. The molecule has 108 valence electrons. The second-order valence-corrected chi connectivity index (χ2v) is 5.76. The van der Waals surface area contributed by atoms with E-state index in [1.165, 1.54) is 19.3 Å². The lowest BCUT2D eigenvalue weighted by Gasteiger charge is -2.30. The third kappa shape index (κ3) is 2.63. The molecule has 2 unspecified atom stereocenters. The van der Waals surface area contributed by atoms with Gasteiger partial charge in [0.2, 0.25) is 0 Å². The van der Waals surface area contributed by atoms with E-state index in [-0.39, 0.29) is 0 Å². The van der Waals surface area contributed by atoms with Gasteiger partial charge < -0.3 is 10.4 Å². The number of rotatable bonds is 4. The number of aromatic nitrogens is 3. The van der Waals surface area contributed by atoms with Crippen LogP contribution in [-0.4, -0.2) is 32.9 Å². The number of fused-ring (bicyclic) bond motifs is 1. The number of aliphatic hydroxyl groups is 1. The molecular formula is C15H22N4O. The van der Waals surface area contributed by atoms with Crippen LogP contribution in [0.25, 0.3) is 5.52 Å². The summed E-state index contributed by atoms with van der Waals surface area (Å²) in [6, 6.07) is 2.04. The maximum atomic E-state index is 9.48. The van der Waals surface area contributed by atoms with Gasteiger partial charge in [-0.15, -0.1) is 0 Å². The third-order valence-electron chi connectivity index (χ3n) is 4.34. The van der Waals surface area contributed by atoms with Gasteiger partial charge in [0.1, 0.15) is 5.52 Å². The quantitative estimate of drug-likeness (QED) is 0.897. The molecule has 2 heterocycles. The summed E-state index contributed by atoms with van der Waals surface area (Å²) in [7, 11) is 0. The van der Waals surface area contributed by atoms with Crippen molar-refractivity contribution in [2.75, 3.05) is 18.5 Å². The van der Waals surface area contributed by atoms with Gasteiger partial charge >= 0.3 is 0 Å². The normalized spacial score (nSPS) is 23.1. The largest absolute Gasteiger partial charge is 0.396 e. The van der Waals surface area contributed by atoms with E-state index >= 15 is 0 Å². The summed E-state index contributed by atoms with van der Waals surface area (Å²) >= 11 is 0. The summed E-state index contributed by atoms with van der Waals surface area (Å²) in [6.45, 7) is 3.16. The molecule has 0 aliphatic heterocycles. The molecule has 2 atom stereocenters. The van der Waals surface area contributed by atoms with Crippen LogP contribution in [-0.2, 0) is 0 Å². The molecular weight excluding hydrogens is 252 g/mol. The van der Waals surface area contributed by atoms with Crippen molar-refractivity contribution in [2.45, 2.75) is 32.6 Å². The summed E-state index contributed by atoms with van der Waals surface area (Å²) in [5, 5.41) is 17.3. The van der Waals surface area contributed by atoms with Crippen molar-refractivity contribution in [1.29, 1.82) is 0 Å². The zero-order chi connectivity index (χ0) is 13.9. The maximum Gasteiger partial charge on any atom is 0.152 e. The Hall–Kier alpha value is -1.62. The van der Waals surface area contributed by atoms with Crippen LogP contribution in [0.1, 0.15) is 31.4 Å². The number of hydrogen-bond donors (Lipinski definition) is 2. The van der Waals surface area contributed by atoms with Gasteiger partial charge in [0.05, 0.1) is 5.69 Å². The van der Waals surface area contributed by atoms with Crippen molar-refractivity contribution in [3.05, 3.63) is 24.2 Å². The van der Waals surface area contributed by atoms with Crippen LogP contribution in [0.15, 0.2) is 18.5 Å². The number of aryl methyl sites for hydroxylation is 1. The first-order valence-corrected chi connectivity index (χ1v) is 7.43. The van der Waals surface area contributed by atoms with E-state index < -0.39 is 0 Å². The highest BCUT2D eigenvalue weighted by atomic mass is 16.3. The zero-order valence-electron chi connectivity index (χ0n) is 11.9. The summed E-state index contributed by atoms with van der Waals surface area (Å²) in [4.78, 5) is 4.42. The van der Waals surface area contributed by atoms with Gasteiger partial charge in [-0.1, -0.05) is 12.8 Å². The average molecular weight is 274 g/mol. The molecule has 5 heteroatoms. The van der Waals surface area contributed by atoms with Gasteiger partial charge in [-0.3, -0.25) is 0 Å². The van der Waals surface area contributed by atoms with Crippen LogP contribution in [0, 0.1) is 18.8 Å². The Labute approximate surface area is 119 Å². The fourth-order valence-electron chi connectivity index (χ4n) is 3.20. The fourth-order valence-corrected chi connectivity index (χ4v) is 3.20. The van der Waals surface area contributed by atoms with Crippen LogP contribution in [0.2, 0.25) is 0 Å². The van der Waals surface area contributed by atoms with E-state index in [0.29, 0.717) is 18.4 Å². The maximum absolute atomic E-state index is 9.48. The van der Waals surface area contributed by atoms with Gasteiger partial charge in [-0.05, 0) is 37.7 Å². The van der Waals surface area contributed by atoms with Crippen molar-refractivity contribution in [2.24, 2.45) is 11.8 Å². The Morgan fingerprint density at radius 1 is 1.35 bits per heavy atom. The number of nitrogens with one attached hydrogen (secondary N) is 1. The number of aliphatic hydroxyl groups excluding tert-OH is 1. The average Bonchev–Trinajstić information content (AvgIpc) is 2.86. The lowest BCUT2D eigenvalue weighted by Crippen LogP contribution is -2.28. The molecule has 0 spiro atoms. The molecule has 3 rings (SSSR count). The van der Waals surface area contributed by atoms with E-state index in [1.807, 2.05) is 23.7 Å². The first kappa shape index (κ1) is 13.4. The summed E-state index contributed by atoms with van der Waals surface area (Å²) in [5.41, 5.74) is 2.01. The molecule has 0 bridgehead atoms. The Morgan fingerprint density at radius 2 is 2.15 bits per heavy atom. The molecule has 2 N–H and O–H groups in total. The molecule has 1 aliphatic carbocycles. The van der Waals surface area contributed by atoms with E-state index in [2.05, 4.69) is 15.4 Å². The Morgan fingerprint density at radius 3 is 2.95 bits per heavy atom. The first-order chi connectivity index (χ1) is 9.78. The van der Waals surface area contributed by atoms with E-state index in [4.69, 9.17) is 0 Å². The summed E-state index contributed by atoms with van der Waals surface area (Å²) in [5.74, 6) is 1.86. The fraction of sp³-hybridized carbons (Fsp3) is 0.600. The van der Waals surface area contributed by atoms with Crippen molar-refractivity contribution in [1.82, 2.24) is 14.6 Å². The topological polar surface area (TPSA) is 62.5 Å². The molecule has 5 nitrogen and oxygen atoms in total. The minimum absolute atomic E-state index is 0.301. The molecule has 0 radical (unpaired) electrons. The molecule has 1 aliphatic rings. The zero-order valence-corrected chi connectivity index (χ0v) is 11.9. The van der Waals surface area contributed by atoms with Crippen molar-refractivity contribution in [3.63, 3.8) is 0 Å². The van der Waals surface area contributed by atoms with E-state index in [1.54, 1.807) is 6.20 Å². The molecule has 20 heavy (non-hydrogen) atoms. The van der Waals surface area contributed by atoms with E-state index in [9.17, 15) is 5.11 Å². The van der Waals surface area contributed by atoms with Gasteiger partial charge in [-0.25, -0.2) is 9.50 Å². The molecule has 0 aromatic carbocycles. The Balaban J connectivity index is 1.73. The van der Waals surface area contributed by atoms with Gasteiger partial charge in [0, 0.05) is 25.5 Å². The monoisotopic (exact) mass is 274 g/mol. The van der Waals surface area contributed by atoms with Gasteiger partial charge in [0.25, 0.3) is 0 Å². The second kappa shape index (κ2) is 5.79. The minimum atomic E-state index is 0.301. The lowest BCUT2D eigenvalue weighted by atomic mass is 9.79. The number of nitrogens with zero attached hydrogens (tertiary/aromatic N) is 3. The molecule has 2 aromatic heterocycles. The highest BCUT2D eigenvalue weighted by molar-refractivity contribution is 5.67. The third-order valence-corrected chi connectivity index (χ3v) is 4.34. The lowest BCUT2D eigenvalue weighted by molar-refractivity contribution is 0.141. The molecule has 1 fully saturated rings. The minimum Gasteiger partial charge on any atom is -0.396 e.